The van der Waals surface area contributed by atoms with Crippen molar-refractivity contribution in [3.8, 4) is 5.75 Å². The molecule has 26 heavy (non-hydrogen) atoms. The van der Waals surface area contributed by atoms with Crippen LogP contribution in [0, 0.1) is 0 Å². The molecule has 0 fully saturated rings. The molecule has 0 saturated carbocycles. The molecule has 0 aromatic heterocycles. The largest absolute Gasteiger partial charge is 0.488 e. The fourth-order valence-electron chi connectivity index (χ4n) is 2.88. The van der Waals surface area contributed by atoms with Gasteiger partial charge in [0.15, 0.2) is 0 Å². The number of hydrogen-bond donors (Lipinski definition) is 1. The molecule has 0 saturated heterocycles. The van der Waals surface area contributed by atoms with Crippen molar-refractivity contribution in [2.75, 3.05) is 25.0 Å². The molecule has 1 aliphatic rings. The lowest BCUT2D eigenvalue weighted by Crippen LogP contribution is -2.30. The molecule has 1 aliphatic heterocycles. The van der Waals surface area contributed by atoms with E-state index in [9.17, 15) is 9.59 Å². The summed E-state index contributed by atoms with van der Waals surface area (Å²) in [6, 6.07) is 14.6. The summed E-state index contributed by atoms with van der Waals surface area (Å²) in [5.41, 5.74) is 2.58. The summed E-state index contributed by atoms with van der Waals surface area (Å²) in [6.45, 7) is 5.41. The van der Waals surface area contributed by atoms with Crippen molar-refractivity contribution in [3.05, 3.63) is 65.2 Å². The molecule has 134 valence electrons. The van der Waals surface area contributed by atoms with Crippen LogP contribution in [0.15, 0.2) is 54.1 Å². The normalized spacial score (nSPS) is 12.5. The van der Waals surface area contributed by atoms with Crippen molar-refractivity contribution in [2.45, 2.75) is 13.8 Å². The van der Waals surface area contributed by atoms with Crippen molar-refractivity contribution in [3.63, 3.8) is 0 Å². The average Bonchev–Trinajstić information content (AvgIpc) is 2.68. The van der Waals surface area contributed by atoms with E-state index in [0.717, 1.165) is 11.3 Å². The van der Waals surface area contributed by atoms with Gasteiger partial charge in [0.05, 0.1) is 5.57 Å². The molecule has 0 bridgehead atoms. The Balaban J connectivity index is 1.75. The number of benzene rings is 2. The maximum absolute atomic E-state index is 12.5. The highest BCUT2D eigenvalue weighted by Crippen LogP contribution is 2.26. The average molecular weight is 350 g/mol. The fraction of sp³-hybridized carbons (Fsp3) is 0.238. The number of amides is 2. The Hall–Kier alpha value is -3.08. The molecule has 5 heteroatoms. The Kier molecular flexibility index (Phi) is 5.37. The number of carbonyl (C=O) groups excluding carboxylic acids is 2. The standard InChI is InChI=1S/C21H22N2O3/c1-3-23(4-2)21(25)16-9-7-10-18(13-16)22-20(24)17-12-15-8-5-6-11-19(15)26-14-17/h5-13H,3-4,14H2,1-2H3,(H,22,24). The molecular formula is C21H22N2O3. The Morgan fingerprint density at radius 1 is 1.08 bits per heavy atom. The van der Waals surface area contributed by atoms with Gasteiger partial charge >= 0.3 is 0 Å². The molecule has 3 rings (SSSR count). The van der Waals surface area contributed by atoms with Crippen LogP contribution in [-0.4, -0.2) is 36.4 Å². The van der Waals surface area contributed by atoms with E-state index in [1.165, 1.54) is 0 Å². The molecule has 1 N–H and O–H groups in total. The van der Waals surface area contributed by atoms with Crippen molar-refractivity contribution >= 4 is 23.6 Å². The highest BCUT2D eigenvalue weighted by atomic mass is 16.5. The second kappa shape index (κ2) is 7.87. The first-order valence-corrected chi connectivity index (χ1v) is 8.75. The molecule has 5 nitrogen and oxygen atoms in total. The minimum atomic E-state index is -0.230. The number of hydrogen-bond acceptors (Lipinski definition) is 3. The highest BCUT2D eigenvalue weighted by molar-refractivity contribution is 6.08. The molecule has 0 atom stereocenters. The topological polar surface area (TPSA) is 58.6 Å². The van der Waals surface area contributed by atoms with E-state index in [1.54, 1.807) is 29.2 Å². The van der Waals surface area contributed by atoms with E-state index in [2.05, 4.69) is 5.32 Å². The molecule has 0 radical (unpaired) electrons. The lowest BCUT2D eigenvalue weighted by molar-refractivity contribution is -0.113. The number of fused-ring (bicyclic) bond motifs is 1. The van der Waals surface area contributed by atoms with Crippen molar-refractivity contribution in [2.24, 2.45) is 0 Å². The zero-order valence-electron chi connectivity index (χ0n) is 15.0. The molecule has 0 unspecified atom stereocenters. The Labute approximate surface area is 153 Å². The summed E-state index contributed by atoms with van der Waals surface area (Å²) in [7, 11) is 0. The minimum absolute atomic E-state index is 0.0414. The predicted octanol–water partition coefficient (Wildman–Crippen LogP) is 3.58. The smallest absolute Gasteiger partial charge is 0.255 e. The van der Waals surface area contributed by atoms with Crippen LogP contribution in [0.5, 0.6) is 5.75 Å². The number of rotatable bonds is 5. The molecule has 0 aliphatic carbocycles. The lowest BCUT2D eigenvalue weighted by Gasteiger charge is -2.19. The van der Waals surface area contributed by atoms with Crippen LogP contribution in [-0.2, 0) is 4.79 Å². The molecule has 0 spiro atoms. The summed E-state index contributed by atoms with van der Waals surface area (Å²) in [5, 5.41) is 2.85. The number of para-hydroxylation sites is 1. The number of nitrogens with zero attached hydrogens (tertiary/aromatic N) is 1. The van der Waals surface area contributed by atoms with Gasteiger partial charge in [-0.1, -0.05) is 24.3 Å². The van der Waals surface area contributed by atoms with Gasteiger partial charge in [0.25, 0.3) is 11.8 Å². The summed E-state index contributed by atoms with van der Waals surface area (Å²) in [4.78, 5) is 26.8. The summed E-state index contributed by atoms with van der Waals surface area (Å²) < 4.78 is 5.63. The van der Waals surface area contributed by atoms with Crippen LogP contribution in [0.2, 0.25) is 0 Å². The summed E-state index contributed by atoms with van der Waals surface area (Å²) >= 11 is 0. The molecular weight excluding hydrogens is 328 g/mol. The molecule has 2 aromatic carbocycles. The summed E-state index contributed by atoms with van der Waals surface area (Å²) in [5.74, 6) is 0.503. The summed E-state index contributed by atoms with van der Waals surface area (Å²) in [6.07, 6.45) is 1.83. The zero-order chi connectivity index (χ0) is 18.5. The fourth-order valence-corrected chi connectivity index (χ4v) is 2.88. The second-order valence-corrected chi connectivity index (χ2v) is 6.01. The first-order chi connectivity index (χ1) is 12.6. The van der Waals surface area contributed by atoms with Crippen molar-refractivity contribution in [1.29, 1.82) is 0 Å². The highest BCUT2D eigenvalue weighted by Gasteiger charge is 2.18. The number of nitrogens with one attached hydrogen (secondary N) is 1. The molecule has 2 amide bonds. The molecule has 2 aromatic rings. The van der Waals surface area contributed by atoms with Gasteiger partial charge in [-0.15, -0.1) is 0 Å². The van der Waals surface area contributed by atoms with E-state index in [0.29, 0.717) is 29.9 Å². The van der Waals surface area contributed by atoms with Crippen LogP contribution in [0.25, 0.3) is 6.08 Å². The van der Waals surface area contributed by atoms with Crippen LogP contribution < -0.4 is 10.1 Å². The third kappa shape index (κ3) is 3.77. The third-order valence-corrected chi connectivity index (χ3v) is 4.34. The van der Waals surface area contributed by atoms with Gasteiger partial charge in [0.2, 0.25) is 0 Å². The third-order valence-electron chi connectivity index (χ3n) is 4.34. The number of carbonyl (C=O) groups is 2. The van der Waals surface area contributed by atoms with Crippen molar-refractivity contribution < 1.29 is 14.3 Å². The Bertz CT molecular complexity index is 854. The van der Waals surface area contributed by atoms with Crippen LogP contribution in [0.1, 0.15) is 29.8 Å². The van der Waals surface area contributed by atoms with Gasteiger partial charge in [-0.3, -0.25) is 9.59 Å². The second-order valence-electron chi connectivity index (χ2n) is 6.01. The van der Waals surface area contributed by atoms with Crippen LogP contribution in [0.3, 0.4) is 0 Å². The van der Waals surface area contributed by atoms with Gasteiger partial charge in [-0.05, 0) is 44.2 Å². The first-order valence-electron chi connectivity index (χ1n) is 8.75. The van der Waals surface area contributed by atoms with E-state index >= 15 is 0 Å². The monoisotopic (exact) mass is 350 g/mol. The first kappa shape index (κ1) is 17.7. The van der Waals surface area contributed by atoms with Gasteiger partial charge in [-0.2, -0.15) is 0 Å². The SMILES string of the molecule is CCN(CC)C(=O)c1cccc(NC(=O)C2=Cc3ccccc3OC2)c1. The van der Waals surface area contributed by atoms with Crippen molar-refractivity contribution in [1.82, 2.24) is 4.90 Å². The maximum atomic E-state index is 12.5. The van der Waals surface area contributed by atoms with E-state index in [1.807, 2.05) is 44.2 Å². The van der Waals surface area contributed by atoms with Gasteiger partial charge in [0.1, 0.15) is 12.4 Å². The molecule has 1 heterocycles. The van der Waals surface area contributed by atoms with Crippen LogP contribution >= 0.6 is 0 Å². The quantitative estimate of drug-likeness (QED) is 0.897. The predicted molar refractivity (Wildman–Crippen MR) is 102 cm³/mol. The maximum Gasteiger partial charge on any atom is 0.255 e. The van der Waals surface area contributed by atoms with E-state index in [4.69, 9.17) is 4.74 Å². The van der Waals surface area contributed by atoms with Crippen LogP contribution in [0.4, 0.5) is 5.69 Å². The number of anilines is 1. The van der Waals surface area contributed by atoms with Gasteiger partial charge < -0.3 is 15.0 Å². The van der Waals surface area contributed by atoms with Gasteiger partial charge in [0, 0.05) is 29.9 Å². The minimum Gasteiger partial charge on any atom is -0.488 e. The zero-order valence-corrected chi connectivity index (χ0v) is 15.0. The van der Waals surface area contributed by atoms with E-state index in [-0.39, 0.29) is 18.4 Å². The van der Waals surface area contributed by atoms with E-state index < -0.39 is 0 Å². The Morgan fingerprint density at radius 3 is 2.62 bits per heavy atom. The Morgan fingerprint density at radius 2 is 1.85 bits per heavy atom. The lowest BCUT2D eigenvalue weighted by atomic mass is 10.1. The number of ether oxygens (including phenoxy) is 1. The van der Waals surface area contributed by atoms with Gasteiger partial charge in [-0.25, -0.2) is 0 Å².